The molecule has 6 nitrogen and oxygen atoms in total. The van der Waals surface area contributed by atoms with Crippen molar-refractivity contribution in [2.45, 2.75) is 6.10 Å². The van der Waals surface area contributed by atoms with Gasteiger partial charge in [-0.3, -0.25) is 0 Å². The van der Waals surface area contributed by atoms with Gasteiger partial charge < -0.3 is 24.6 Å². The van der Waals surface area contributed by atoms with Gasteiger partial charge in [0.05, 0.1) is 7.11 Å². The number of carbonyl (C=O) groups is 1. The highest BCUT2D eigenvalue weighted by Crippen LogP contribution is 2.25. The smallest absolute Gasteiger partial charge is 0.406 e. The Bertz CT molecular complexity index is 382. The first-order valence-electron chi connectivity index (χ1n) is 5.45. The molecule has 0 saturated carbocycles. The molecule has 0 aliphatic rings. The topological polar surface area (TPSA) is 77.0 Å². The maximum absolute atomic E-state index is 10.8. The van der Waals surface area contributed by atoms with E-state index in [2.05, 4.69) is 10.1 Å². The number of aliphatic hydroxyl groups is 1. The summed E-state index contributed by atoms with van der Waals surface area (Å²) in [5.41, 5.74) is 0. The predicted molar refractivity (Wildman–Crippen MR) is 64.9 cm³/mol. The van der Waals surface area contributed by atoms with Crippen molar-refractivity contribution >= 4 is 6.09 Å². The molecule has 1 rings (SSSR count). The Hall–Kier alpha value is -1.95. The third-order valence-corrected chi connectivity index (χ3v) is 2.11. The lowest BCUT2D eigenvalue weighted by Gasteiger charge is -2.14. The number of benzene rings is 1. The van der Waals surface area contributed by atoms with Crippen LogP contribution in [0.25, 0.3) is 0 Å². The molecule has 0 spiro atoms. The van der Waals surface area contributed by atoms with Gasteiger partial charge in [-0.05, 0) is 12.1 Å². The van der Waals surface area contributed by atoms with Crippen molar-refractivity contribution < 1.29 is 24.1 Å². The first kappa shape index (κ1) is 14.1. The first-order valence-corrected chi connectivity index (χ1v) is 5.45. The Balaban J connectivity index is 2.37. The quantitative estimate of drug-likeness (QED) is 0.786. The van der Waals surface area contributed by atoms with Crippen LogP contribution >= 0.6 is 0 Å². The molecule has 0 aromatic heterocycles. The molecule has 1 amide bonds. The summed E-state index contributed by atoms with van der Waals surface area (Å²) in [6.45, 7) is -0.119. The van der Waals surface area contributed by atoms with Crippen molar-refractivity contribution in [3.05, 3.63) is 24.3 Å². The molecular formula is C12H17NO5. The van der Waals surface area contributed by atoms with Crippen molar-refractivity contribution in [2.24, 2.45) is 0 Å². The van der Waals surface area contributed by atoms with Crippen molar-refractivity contribution in [3.8, 4) is 11.5 Å². The second-order valence-electron chi connectivity index (χ2n) is 3.46. The van der Waals surface area contributed by atoms with Gasteiger partial charge in [0.15, 0.2) is 11.5 Å². The summed E-state index contributed by atoms with van der Waals surface area (Å²) in [7, 11) is 2.98. The standard InChI is InChI=1S/C12H17NO5/c1-13-12(15)18-8-9(14)7-17-11-6-4-3-5-10(11)16-2/h3-6,9,14H,7-8H2,1-2H3,(H,13,15). The maximum Gasteiger partial charge on any atom is 0.406 e. The van der Waals surface area contributed by atoms with Gasteiger partial charge in [0.25, 0.3) is 0 Å². The van der Waals surface area contributed by atoms with Gasteiger partial charge in [-0.25, -0.2) is 4.79 Å². The number of ether oxygens (including phenoxy) is 3. The zero-order valence-electron chi connectivity index (χ0n) is 10.4. The molecular weight excluding hydrogens is 238 g/mol. The van der Waals surface area contributed by atoms with Crippen LogP contribution in [0.3, 0.4) is 0 Å². The third kappa shape index (κ3) is 4.50. The van der Waals surface area contributed by atoms with Gasteiger partial charge in [0.1, 0.15) is 19.3 Å². The molecule has 18 heavy (non-hydrogen) atoms. The minimum Gasteiger partial charge on any atom is -0.493 e. The van der Waals surface area contributed by atoms with Gasteiger partial charge in [0.2, 0.25) is 0 Å². The number of rotatable bonds is 6. The fourth-order valence-electron chi connectivity index (χ4n) is 1.22. The normalized spacial score (nSPS) is 11.5. The van der Waals surface area contributed by atoms with Crippen molar-refractivity contribution in [1.82, 2.24) is 5.32 Å². The van der Waals surface area contributed by atoms with E-state index >= 15 is 0 Å². The van der Waals surface area contributed by atoms with E-state index in [1.807, 2.05) is 6.07 Å². The summed E-state index contributed by atoms with van der Waals surface area (Å²) in [6, 6.07) is 7.09. The highest BCUT2D eigenvalue weighted by atomic mass is 16.6. The second-order valence-corrected chi connectivity index (χ2v) is 3.46. The van der Waals surface area contributed by atoms with Crippen molar-refractivity contribution in [2.75, 3.05) is 27.4 Å². The number of para-hydroxylation sites is 2. The molecule has 1 aromatic rings. The zero-order valence-corrected chi connectivity index (χ0v) is 10.4. The van der Waals surface area contributed by atoms with E-state index in [-0.39, 0.29) is 13.2 Å². The molecule has 0 saturated heterocycles. The summed E-state index contributed by atoms with van der Waals surface area (Å²) in [5, 5.41) is 11.8. The average Bonchev–Trinajstić information content (AvgIpc) is 2.42. The predicted octanol–water partition coefficient (Wildman–Crippen LogP) is 0.791. The molecule has 0 heterocycles. The zero-order chi connectivity index (χ0) is 13.4. The van der Waals surface area contributed by atoms with E-state index in [9.17, 15) is 9.90 Å². The Morgan fingerprint density at radius 1 is 1.33 bits per heavy atom. The SMILES string of the molecule is CNC(=O)OCC(O)COc1ccccc1OC. The average molecular weight is 255 g/mol. The largest absolute Gasteiger partial charge is 0.493 e. The highest BCUT2D eigenvalue weighted by Gasteiger charge is 2.10. The molecule has 2 N–H and O–H groups in total. The molecule has 1 aromatic carbocycles. The summed E-state index contributed by atoms with van der Waals surface area (Å²) in [5.74, 6) is 1.11. The van der Waals surface area contributed by atoms with Crippen LogP contribution in [0.15, 0.2) is 24.3 Å². The van der Waals surface area contributed by atoms with Gasteiger partial charge in [-0.2, -0.15) is 0 Å². The van der Waals surface area contributed by atoms with Crippen LogP contribution in [0.4, 0.5) is 4.79 Å². The summed E-state index contributed by atoms with van der Waals surface area (Å²) in [4.78, 5) is 10.8. The number of aliphatic hydroxyl groups excluding tert-OH is 1. The molecule has 0 bridgehead atoms. The van der Waals surface area contributed by atoms with Crippen LogP contribution in [-0.2, 0) is 4.74 Å². The molecule has 1 atom stereocenters. The maximum atomic E-state index is 10.8. The Labute approximate surface area is 105 Å². The van der Waals surface area contributed by atoms with E-state index in [4.69, 9.17) is 9.47 Å². The monoisotopic (exact) mass is 255 g/mol. The number of alkyl carbamates (subject to hydrolysis) is 1. The van der Waals surface area contributed by atoms with E-state index in [1.54, 1.807) is 18.2 Å². The molecule has 100 valence electrons. The number of hydrogen-bond donors (Lipinski definition) is 2. The van der Waals surface area contributed by atoms with Crippen molar-refractivity contribution in [3.63, 3.8) is 0 Å². The van der Waals surface area contributed by atoms with Gasteiger partial charge in [-0.15, -0.1) is 0 Å². The molecule has 0 aliphatic heterocycles. The minimum absolute atomic E-state index is 0.0113. The lowest BCUT2D eigenvalue weighted by atomic mass is 10.3. The second kappa shape index (κ2) is 7.39. The van der Waals surface area contributed by atoms with E-state index in [0.717, 1.165) is 0 Å². The lowest BCUT2D eigenvalue weighted by molar-refractivity contribution is 0.0389. The lowest BCUT2D eigenvalue weighted by Crippen LogP contribution is -2.28. The fraction of sp³-hybridized carbons (Fsp3) is 0.417. The number of methoxy groups -OCH3 is 1. The third-order valence-electron chi connectivity index (χ3n) is 2.11. The number of hydrogen-bond acceptors (Lipinski definition) is 5. The van der Waals surface area contributed by atoms with E-state index < -0.39 is 12.2 Å². The van der Waals surface area contributed by atoms with Crippen molar-refractivity contribution in [1.29, 1.82) is 0 Å². The van der Waals surface area contributed by atoms with E-state index in [0.29, 0.717) is 11.5 Å². The number of carbonyl (C=O) groups excluding carboxylic acids is 1. The van der Waals surface area contributed by atoms with Crippen LogP contribution in [0, 0.1) is 0 Å². The molecule has 1 unspecified atom stereocenters. The number of amides is 1. The van der Waals surface area contributed by atoms with Crippen LogP contribution in [0.2, 0.25) is 0 Å². The Kier molecular flexibility index (Phi) is 5.79. The molecule has 0 aliphatic carbocycles. The molecule has 0 fully saturated rings. The Morgan fingerprint density at radius 2 is 2.00 bits per heavy atom. The van der Waals surface area contributed by atoms with Crippen LogP contribution in [0.5, 0.6) is 11.5 Å². The molecule has 0 radical (unpaired) electrons. The first-order chi connectivity index (χ1) is 8.67. The summed E-state index contributed by atoms with van der Waals surface area (Å²) >= 11 is 0. The summed E-state index contributed by atoms with van der Waals surface area (Å²) < 4.78 is 15.1. The fourth-order valence-corrected chi connectivity index (χ4v) is 1.22. The minimum atomic E-state index is -0.896. The van der Waals surface area contributed by atoms with Gasteiger partial charge in [-0.1, -0.05) is 12.1 Å². The number of nitrogens with one attached hydrogen (secondary N) is 1. The molecule has 6 heteroatoms. The van der Waals surface area contributed by atoms with Crippen LogP contribution < -0.4 is 14.8 Å². The summed E-state index contributed by atoms with van der Waals surface area (Å²) in [6.07, 6.45) is -1.49. The Morgan fingerprint density at radius 3 is 2.61 bits per heavy atom. The van der Waals surface area contributed by atoms with Gasteiger partial charge in [0, 0.05) is 7.05 Å². The van der Waals surface area contributed by atoms with Crippen LogP contribution in [-0.4, -0.2) is 44.7 Å². The van der Waals surface area contributed by atoms with Crippen LogP contribution in [0.1, 0.15) is 0 Å². The van der Waals surface area contributed by atoms with Gasteiger partial charge >= 0.3 is 6.09 Å². The highest BCUT2D eigenvalue weighted by molar-refractivity contribution is 5.66. The van der Waals surface area contributed by atoms with E-state index in [1.165, 1.54) is 14.2 Å².